The summed E-state index contributed by atoms with van der Waals surface area (Å²) < 4.78 is 10.1. The summed E-state index contributed by atoms with van der Waals surface area (Å²) in [7, 11) is 1.32. The zero-order valence-electron chi connectivity index (χ0n) is 16.2. The first kappa shape index (κ1) is 21.6. The molecule has 1 rings (SSSR count). The molecule has 2 atom stereocenters. The quantitative estimate of drug-likeness (QED) is 0.587. The molecule has 1 heterocycles. The average molecular weight is 375 g/mol. The summed E-state index contributed by atoms with van der Waals surface area (Å²) in [6.45, 7) is 11.8. The van der Waals surface area contributed by atoms with Gasteiger partial charge in [-0.3, -0.25) is 4.79 Å². The van der Waals surface area contributed by atoms with E-state index in [2.05, 4.69) is 5.32 Å². The SMILES string of the molecule is COC(=O)C1CSC(CCNC(=O)OC(C)(C)C)(C(C)(C)C)N1C=O. The van der Waals surface area contributed by atoms with Gasteiger partial charge in [0.1, 0.15) is 11.6 Å². The van der Waals surface area contributed by atoms with E-state index >= 15 is 0 Å². The molecule has 8 heteroatoms. The van der Waals surface area contributed by atoms with Crippen molar-refractivity contribution in [3.05, 3.63) is 0 Å². The number of hydrogen-bond acceptors (Lipinski definition) is 6. The van der Waals surface area contributed by atoms with Crippen LogP contribution < -0.4 is 5.32 Å². The Kier molecular flexibility index (Phi) is 6.78. The number of alkyl carbamates (subject to hydrolysis) is 1. The minimum Gasteiger partial charge on any atom is -0.467 e. The lowest BCUT2D eigenvalue weighted by atomic mass is 9.82. The molecule has 0 aromatic rings. The summed E-state index contributed by atoms with van der Waals surface area (Å²) in [5.41, 5.74) is -0.879. The maximum atomic E-state index is 12.0. The predicted octanol–water partition coefficient (Wildman–Crippen LogP) is 2.39. The fraction of sp³-hybridized carbons (Fsp3) is 0.824. The van der Waals surface area contributed by atoms with Crippen molar-refractivity contribution in [2.24, 2.45) is 5.41 Å². The van der Waals surface area contributed by atoms with Gasteiger partial charge in [-0.05, 0) is 32.6 Å². The lowest BCUT2D eigenvalue weighted by molar-refractivity contribution is -0.151. The predicted molar refractivity (Wildman–Crippen MR) is 97.2 cm³/mol. The van der Waals surface area contributed by atoms with E-state index in [4.69, 9.17) is 9.47 Å². The molecule has 1 aliphatic rings. The van der Waals surface area contributed by atoms with Gasteiger partial charge in [0.15, 0.2) is 0 Å². The maximum Gasteiger partial charge on any atom is 0.407 e. The first-order chi connectivity index (χ1) is 11.4. The van der Waals surface area contributed by atoms with Gasteiger partial charge in [-0.2, -0.15) is 0 Å². The molecule has 2 amide bonds. The minimum atomic E-state index is -0.622. The van der Waals surface area contributed by atoms with Gasteiger partial charge in [0.05, 0.1) is 12.0 Å². The topological polar surface area (TPSA) is 84.9 Å². The van der Waals surface area contributed by atoms with Crippen LogP contribution in [0.4, 0.5) is 4.79 Å². The zero-order valence-corrected chi connectivity index (χ0v) is 17.0. The summed E-state index contributed by atoms with van der Waals surface area (Å²) in [5.74, 6) is 0.0422. The highest BCUT2D eigenvalue weighted by atomic mass is 32.2. The van der Waals surface area contributed by atoms with Crippen molar-refractivity contribution in [3.63, 3.8) is 0 Å². The molecule has 25 heavy (non-hydrogen) atoms. The van der Waals surface area contributed by atoms with Crippen LogP contribution in [0, 0.1) is 5.41 Å². The Morgan fingerprint density at radius 2 is 1.88 bits per heavy atom. The van der Waals surface area contributed by atoms with Crippen molar-refractivity contribution in [1.82, 2.24) is 10.2 Å². The molecule has 2 unspecified atom stereocenters. The zero-order chi connectivity index (χ0) is 19.5. The third kappa shape index (κ3) is 5.03. The van der Waals surface area contributed by atoms with E-state index in [1.807, 2.05) is 20.8 Å². The van der Waals surface area contributed by atoms with Crippen LogP contribution in [0.25, 0.3) is 0 Å². The third-order valence-electron chi connectivity index (χ3n) is 4.12. The van der Waals surface area contributed by atoms with Crippen LogP contribution >= 0.6 is 11.8 Å². The van der Waals surface area contributed by atoms with Gasteiger partial charge in [0.25, 0.3) is 0 Å². The molecular weight excluding hydrogens is 344 g/mol. The van der Waals surface area contributed by atoms with Crippen molar-refractivity contribution in [2.75, 3.05) is 19.4 Å². The molecule has 0 spiro atoms. The molecule has 0 aromatic carbocycles. The monoisotopic (exact) mass is 374 g/mol. The number of nitrogens with one attached hydrogen (secondary N) is 1. The van der Waals surface area contributed by atoms with E-state index in [0.717, 1.165) is 0 Å². The van der Waals surface area contributed by atoms with E-state index in [1.165, 1.54) is 7.11 Å². The summed E-state index contributed by atoms with van der Waals surface area (Å²) in [4.78, 5) is 36.6. The number of carbonyl (C=O) groups is 3. The van der Waals surface area contributed by atoms with E-state index < -0.39 is 28.6 Å². The molecular formula is C17H30N2O5S. The number of thioether (sulfide) groups is 1. The van der Waals surface area contributed by atoms with Gasteiger partial charge in [-0.25, -0.2) is 9.59 Å². The number of ether oxygens (including phenoxy) is 2. The molecule has 0 aromatic heterocycles. The largest absolute Gasteiger partial charge is 0.467 e. The molecule has 1 N–H and O–H groups in total. The third-order valence-corrected chi connectivity index (χ3v) is 6.11. The van der Waals surface area contributed by atoms with Crippen LogP contribution in [-0.2, 0) is 19.1 Å². The molecule has 0 bridgehead atoms. The van der Waals surface area contributed by atoms with Gasteiger partial charge in [0.2, 0.25) is 6.41 Å². The first-order valence-electron chi connectivity index (χ1n) is 8.30. The maximum absolute atomic E-state index is 12.0. The van der Waals surface area contributed by atoms with Crippen molar-refractivity contribution in [2.45, 2.75) is 64.5 Å². The van der Waals surface area contributed by atoms with Gasteiger partial charge in [0, 0.05) is 12.3 Å². The minimum absolute atomic E-state index is 0.309. The van der Waals surface area contributed by atoms with Crippen molar-refractivity contribution in [1.29, 1.82) is 0 Å². The van der Waals surface area contributed by atoms with E-state index in [0.29, 0.717) is 25.1 Å². The summed E-state index contributed by atoms with van der Waals surface area (Å²) in [6.07, 6.45) is 0.703. The second-order valence-electron chi connectivity index (χ2n) is 8.08. The van der Waals surface area contributed by atoms with E-state index in [9.17, 15) is 14.4 Å². The average Bonchev–Trinajstić information content (AvgIpc) is 2.84. The van der Waals surface area contributed by atoms with Crippen LogP contribution in [0.1, 0.15) is 48.0 Å². The van der Waals surface area contributed by atoms with Crippen molar-refractivity contribution in [3.8, 4) is 0 Å². The Balaban J connectivity index is 2.90. The number of hydrogen-bond donors (Lipinski definition) is 1. The first-order valence-corrected chi connectivity index (χ1v) is 9.29. The Morgan fingerprint density at radius 1 is 1.28 bits per heavy atom. The molecule has 0 aliphatic carbocycles. The molecule has 1 aliphatic heterocycles. The number of nitrogens with zero attached hydrogens (tertiary/aromatic N) is 1. The second kappa shape index (κ2) is 7.85. The van der Waals surface area contributed by atoms with Gasteiger partial charge < -0.3 is 19.7 Å². The Hall–Kier alpha value is -1.44. The Morgan fingerprint density at radius 3 is 2.32 bits per heavy atom. The normalized spacial score (nSPS) is 24.0. The highest BCUT2D eigenvalue weighted by molar-refractivity contribution is 8.01. The van der Waals surface area contributed by atoms with Crippen molar-refractivity contribution < 1.29 is 23.9 Å². The fourth-order valence-electron chi connectivity index (χ4n) is 2.93. The number of methoxy groups -OCH3 is 1. The number of rotatable bonds is 5. The van der Waals surface area contributed by atoms with E-state index in [1.54, 1.807) is 37.4 Å². The molecule has 7 nitrogen and oxygen atoms in total. The lowest BCUT2D eigenvalue weighted by Gasteiger charge is -2.46. The van der Waals surface area contributed by atoms with Gasteiger partial charge in [-0.15, -0.1) is 11.8 Å². The van der Waals surface area contributed by atoms with Gasteiger partial charge in [-0.1, -0.05) is 20.8 Å². The van der Waals surface area contributed by atoms with Crippen LogP contribution in [0.2, 0.25) is 0 Å². The standard InChI is InChI=1S/C17H30N2O5S/c1-15(2,3)17(8-9-18-14(22)24-16(4,5)6)19(11-20)12(10-25-17)13(21)23-7/h11-12H,8-10H2,1-7H3,(H,18,22). The molecule has 0 saturated carbocycles. The Bertz CT molecular complexity index is 512. The molecule has 1 fully saturated rings. The van der Waals surface area contributed by atoms with Crippen LogP contribution in [-0.4, -0.2) is 59.3 Å². The van der Waals surface area contributed by atoms with Crippen LogP contribution in [0.5, 0.6) is 0 Å². The van der Waals surface area contributed by atoms with Crippen LogP contribution in [0.15, 0.2) is 0 Å². The molecule has 1 saturated heterocycles. The van der Waals surface area contributed by atoms with E-state index in [-0.39, 0.29) is 5.41 Å². The molecule has 144 valence electrons. The smallest absolute Gasteiger partial charge is 0.407 e. The highest BCUT2D eigenvalue weighted by Gasteiger charge is 2.55. The Labute approximate surface area is 154 Å². The summed E-state index contributed by atoms with van der Waals surface area (Å²) in [6, 6.07) is -0.617. The second-order valence-corrected chi connectivity index (χ2v) is 9.37. The van der Waals surface area contributed by atoms with Gasteiger partial charge >= 0.3 is 12.1 Å². The van der Waals surface area contributed by atoms with Crippen LogP contribution in [0.3, 0.4) is 0 Å². The molecule has 0 radical (unpaired) electrons. The number of amides is 2. The number of esters is 1. The number of carbonyl (C=O) groups excluding carboxylic acids is 3. The fourth-order valence-corrected chi connectivity index (χ4v) is 4.66. The summed E-state index contributed by atoms with van der Waals surface area (Å²) >= 11 is 1.55. The highest BCUT2D eigenvalue weighted by Crippen LogP contribution is 2.52. The van der Waals surface area contributed by atoms with Crippen molar-refractivity contribution >= 4 is 30.2 Å². The summed E-state index contributed by atoms with van der Waals surface area (Å²) in [5, 5.41) is 2.73. The lowest BCUT2D eigenvalue weighted by Crippen LogP contribution is -2.56.